The molecule has 0 saturated carbocycles. The normalized spacial score (nSPS) is 19.2. The van der Waals surface area contributed by atoms with Gasteiger partial charge in [-0.15, -0.1) is 0 Å². The highest BCUT2D eigenvalue weighted by Gasteiger charge is 2.22. The topological polar surface area (TPSA) is 21.3 Å². The van der Waals surface area contributed by atoms with Crippen molar-refractivity contribution in [2.75, 3.05) is 6.61 Å². The summed E-state index contributed by atoms with van der Waals surface area (Å²) in [6.45, 7) is 5.17. The van der Waals surface area contributed by atoms with Crippen LogP contribution in [0.25, 0.3) is 0 Å². The van der Waals surface area contributed by atoms with Crippen molar-refractivity contribution in [1.29, 1.82) is 0 Å². The Morgan fingerprint density at radius 2 is 1.90 bits per heavy atom. The Kier molecular flexibility index (Phi) is 4.26. The summed E-state index contributed by atoms with van der Waals surface area (Å²) >= 11 is 0. The number of nitrogens with one attached hydrogen (secondary N) is 1. The van der Waals surface area contributed by atoms with Gasteiger partial charge in [-0.3, -0.25) is 0 Å². The molecule has 21 heavy (non-hydrogen) atoms. The molecule has 2 aromatic carbocycles. The number of ether oxygens (including phenoxy) is 1. The van der Waals surface area contributed by atoms with E-state index >= 15 is 0 Å². The predicted octanol–water partition coefficient (Wildman–Crippen LogP) is 4.56. The molecule has 1 aliphatic heterocycles. The highest BCUT2D eigenvalue weighted by Crippen LogP contribution is 2.35. The number of para-hydroxylation sites is 1. The van der Waals surface area contributed by atoms with Crippen LogP contribution in [0.15, 0.2) is 48.5 Å². The molecule has 0 radical (unpaired) electrons. The quantitative estimate of drug-likeness (QED) is 0.890. The molecule has 0 saturated heterocycles. The van der Waals surface area contributed by atoms with Gasteiger partial charge in [-0.2, -0.15) is 0 Å². The van der Waals surface area contributed by atoms with E-state index in [9.17, 15) is 0 Å². The van der Waals surface area contributed by atoms with Crippen molar-refractivity contribution in [3.63, 3.8) is 0 Å². The highest BCUT2D eigenvalue weighted by molar-refractivity contribution is 5.43. The molecule has 2 aromatic rings. The van der Waals surface area contributed by atoms with Gasteiger partial charge in [0.2, 0.25) is 0 Å². The van der Waals surface area contributed by atoms with Crippen LogP contribution in [-0.2, 0) is 0 Å². The summed E-state index contributed by atoms with van der Waals surface area (Å²) in [5.41, 5.74) is 3.86. The van der Waals surface area contributed by atoms with E-state index in [0.717, 1.165) is 25.2 Å². The Morgan fingerprint density at radius 3 is 2.71 bits per heavy atom. The largest absolute Gasteiger partial charge is 0.493 e. The Labute approximate surface area is 127 Å². The average molecular weight is 281 g/mol. The van der Waals surface area contributed by atoms with Crippen LogP contribution in [0.3, 0.4) is 0 Å². The van der Waals surface area contributed by atoms with Crippen LogP contribution in [0.4, 0.5) is 0 Å². The predicted molar refractivity (Wildman–Crippen MR) is 86.6 cm³/mol. The van der Waals surface area contributed by atoms with Gasteiger partial charge in [-0.25, -0.2) is 0 Å². The lowest BCUT2D eigenvalue weighted by atomic mass is 9.98. The molecule has 0 aromatic heterocycles. The van der Waals surface area contributed by atoms with E-state index < -0.39 is 0 Å². The van der Waals surface area contributed by atoms with Crippen LogP contribution < -0.4 is 10.1 Å². The molecule has 0 bridgehead atoms. The van der Waals surface area contributed by atoms with E-state index in [4.69, 9.17) is 4.74 Å². The van der Waals surface area contributed by atoms with E-state index in [1.807, 2.05) is 0 Å². The lowest BCUT2D eigenvalue weighted by Gasteiger charge is -2.24. The zero-order valence-electron chi connectivity index (χ0n) is 12.8. The third-order valence-electron chi connectivity index (χ3n) is 4.25. The summed E-state index contributed by atoms with van der Waals surface area (Å²) < 4.78 is 5.96. The molecule has 3 rings (SSSR count). The minimum Gasteiger partial charge on any atom is -0.493 e. The van der Waals surface area contributed by atoms with Crippen molar-refractivity contribution in [2.24, 2.45) is 0 Å². The molecular weight excluding hydrogens is 258 g/mol. The molecular formula is C19H23NO. The Morgan fingerprint density at radius 1 is 1.10 bits per heavy atom. The van der Waals surface area contributed by atoms with Gasteiger partial charge >= 0.3 is 0 Å². The Hall–Kier alpha value is -1.80. The van der Waals surface area contributed by atoms with Gasteiger partial charge in [0.1, 0.15) is 5.75 Å². The molecule has 0 fully saturated rings. The molecule has 2 atom stereocenters. The minimum absolute atomic E-state index is 0.336. The van der Waals surface area contributed by atoms with Crippen LogP contribution in [0.5, 0.6) is 5.75 Å². The molecule has 2 nitrogen and oxygen atoms in total. The first-order chi connectivity index (χ1) is 10.3. The van der Waals surface area contributed by atoms with Gasteiger partial charge in [0, 0.05) is 17.6 Å². The fourth-order valence-electron chi connectivity index (χ4n) is 3.08. The van der Waals surface area contributed by atoms with Gasteiger partial charge in [-0.1, -0.05) is 48.5 Å². The molecule has 1 aliphatic rings. The summed E-state index contributed by atoms with van der Waals surface area (Å²) in [6, 6.07) is 17.8. The fraction of sp³-hybridized carbons (Fsp3) is 0.368. The standard InChI is InChI=1S/C19H23NO/c1-14-8-6-11-17-18(12-7-13-21-19(14)17)20-15(2)16-9-4-3-5-10-16/h3-6,8-11,15,18,20H,7,12-13H2,1-2H3/t15-,18?/m1/s1. The number of hydrogen-bond donors (Lipinski definition) is 1. The maximum absolute atomic E-state index is 5.96. The smallest absolute Gasteiger partial charge is 0.126 e. The Balaban J connectivity index is 1.84. The SMILES string of the molecule is Cc1cccc2c1OCCCC2N[C@H](C)c1ccccc1. The van der Waals surface area contributed by atoms with Crippen molar-refractivity contribution in [3.8, 4) is 5.75 Å². The first-order valence-electron chi connectivity index (χ1n) is 7.79. The van der Waals surface area contributed by atoms with E-state index in [2.05, 4.69) is 67.7 Å². The van der Waals surface area contributed by atoms with Crippen molar-refractivity contribution in [3.05, 3.63) is 65.2 Å². The molecule has 1 unspecified atom stereocenters. The molecule has 0 aliphatic carbocycles. The van der Waals surface area contributed by atoms with E-state index in [1.54, 1.807) is 0 Å². The van der Waals surface area contributed by atoms with Crippen LogP contribution in [-0.4, -0.2) is 6.61 Å². The zero-order valence-corrected chi connectivity index (χ0v) is 12.8. The van der Waals surface area contributed by atoms with E-state index in [0.29, 0.717) is 12.1 Å². The monoisotopic (exact) mass is 281 g/mol. The maximum atomic E-state index is 5.96. The van der Waals surface area contributed by atoms with Crippen LogP contribution in [0, 0.1) is 6.92 Å². The fourth-order valence-corrected chi connectivity index (χ4v) is 3.08. The number of fused-ring (bicyclic) bond motifs is 1. The van der Waals surface area contributed by atoms with Crippen LogP contribution in [0.1, 0.15) is 48.5 Å². The summed E-state index contributed by atoms with van der Waals surface area (Å²) in [7, 11) is 0. The number of hydrogen-bond acceptors (Lipinski definition) is 2. The lowest BCUT2D eigenvalue weighted by molar-refractivity contribution is 0.312. The highest BCUT2D eigenvalue weighted by atomic mass is 16.5. The Bertz CT molecular complexity index is 594. The van der Waals surface area contributed by atoms with E-state index in [-0.39, 0.29) is 0 Å². The second-order valence-electron chi connectivity index (χ2n) is 5.84. The zero-order chi connectivity index (χ0) is 14.7. The summed E-state index contributed by atoms with van der Waals surface area (Å²) in [5, 5.41) is 3.78. The molecule has 110 valence electrons. The van der Waals surface area contributed by atoms with Crippen LogP contribution >= 0.6 is 0 Å². The second-order valence-corrected chi connectivity index (χ2v) is 5.84. The first-order valence-corrected chi connectivity index (χ1v) is 7.79. The van der Waals surface area contributed by atoms with Gasteiger partial charge < -0.3 is 10.1 Å². The molecule has 0 amide bonds. The van der Waals surface area contributed by atoms with Gasteiger partial charge in [0.15, 0.2) is 0 Å². The third-order valence-corrected chi connectivity index (χ3v) is 4.25. The minimum atomic E-state index is 0.336. The molecule has 1 N–H and O–H groups in total. The number of rotatable bonds is 3. The van der Waals surface area contributed by atoms with E-state index in [1.165, 1.54) is 16.7 Å². The van der Waals surface area contributed by atoms with Crippen molar-refractivity contribution < 1.29 is 4.74 Å². The first kappa shape index (κ1) is 14.2. The van der Waals surface area contributed by atoms with Gasteiger partial charge in [-0.05, 0) is 37.8 Å². The molecule has 1 heterocycles. The summed E-state index contributed by atoms with van der Waals surface area (Å²) in [5.74, 6) is 1.08. The average Bonchev–Trinajstić information content (AvgIpc) is 2.72. The summed E-state index contributed by atoms with van der Waals surface area (Å²) in [4.78, 5) is 0. The van der Waals surface area contributed by atoms with Gasteiger partial charge in [0.05, 0.1) is 6.61 Å². The van der Waals surface area contributed by atoms with Crippen molar-refractivity contribution in [1.82, 2.24) is 5.32 Å². The van der Waals surface area contributed by atoms with Crippen molar-refractivity contribution in [2.45, 2.75) is 38.8 Å². The lowest BCUT2D eigenvalue weighted by Crippen LogP contribution is -2.24. The maximum Gasteiger partial charge on any atom is 0.126 e. The van der Waals surface area contributed by atoms with Gasteiger partial charge in [0.25, 0.3) is 0 Å². The second kappa shape index (κ2) is 6.31. The number of benzene rings is 2. The van der Waals surface area contributed by atoms with Crippen LogP contribution in [0.2, 0.25) is 0 Å². The third kappa shape index (κ3) is 3.11. The van der Waals surface area contributed by atoms with Crippen molar-refractivity contribution >= 4 is 0 Å². The summed E-state index contributed by atoms with van der Waals surface area (Å²) in [6.07, 6.45) is 2.21. The molecule has 0 spiro atoms. The number of aryl methyl sites for hydroxylation is 1. The molecule has 2 heteroatoms.